The SMILES string of the molecule is CC(NC(=O)c1c(N)ncn2ccnc12)c1cc2cccc(C#Cc3cnn(C)c3)c2nc1-c1ccccc1. The summed E-state index contributed by atoms with van der Waals surface area (Å²) in [5.74, 6) is 6.19. The lowest BCUT2D eigenvalue weighted by atomic mass is 9.97. The second-order valence-corrected chi connectivity index (χ2v) is 9.18. The van der Waals surface area contributed by atoms with Crippen LogP contribution in [0.25, 0.3) is 27.8 Å². The van der Waals surface area contributed by atoms with Crippen LogP contribution in [0.4, 0.5) is 5.82 Å². The Balaban J connectivity index is 1.44. The number of carbonyl (C=O) groups is 1. The van der Waals surface area contributed by atoms with Gasteiger partial charge in [-0.25, -0.2) is 15.0 Å². The van der Waals surface area contributed by atoms with Gasteiger partial charge in [-0.1, -0.05) is 54.3 Å². The first-order chi connectivity index (χ1) is 19.0. The number of benzene rings is 2. The number of hydrogen-bond donors (Lipinski definition) is 2. The maximum absolute atomic E-state index is 13.4. The number of nitrogens with zero attached hydrogens (tertiary/aromatic N) is 6. The second-order valence-electron chi connectivity index (χ2n) is 9.18. The molecule has 1 atom stereocenters. The first-order valence-corrected chi connectivity index (χ1v) is 12.4. The number of nitrogen functional groups attached to an aromatic ring is 1. The van der Waals surface area contributed by atoms with Crippen molar-refractivity contribution >= 4 is 28.3 Å². The molecule has 0 aliphatic heterocycles. The molecular formula is C30H24N8O. The molecule has 0 saturated heterocycles. The van der Waals surface area contributed by atoms with Gasteiger partial charge in [0.25, 0.3) is 5.91 Å². The first-order valence-electron chi connectivity index (χ1n) is 12.4. The average molecular weight is 513 g/mol. The van der Waals surface area contributed by atoms with E-state index in [0.717, 1.165) is 38.9 Å². The van der Waals surface area contributed by atoms with E-state index in [1.54, 1.807) is 27.7 Å². The zero-order valence-corrected chi connectivity index (χ0v) is 21.3. The number of nitrogens with one attached hydrogen (secondary N) is 1. The van der Waals surface area contributed by atoms with Gasteiger partial charge < -0.3 is 11.1 Å². The lowest BCUT2D eigenvalue weighted by Gasteiger charge is -2.19. The van der Waals surface area contributed by atoms with Crippen LogP contribution >= 0.6 is 0 Å². The van der Waals surface area contributed by atoms with Gasteiger partial charge in [0.1, 0.15) is 17.7 Å². The summed E-state index contributed by atoms with van der Waals surface area (Å²) in [7, 11) is 1.86. The van der Waals surface area contributed by atoms with Crippen molar-refractivity contribution in [3.05, 3.63) is 108 Å². The van der Waals surface area contributed by atoms with Crippen LogP contribution in [0.15, 0.2) is 85.7 Å². The highest BCUT2D eigenvalue weighted by molar-refractivity contribution is 6.04. The number of rotatable bonds is 4. The highest BCUT2D eigenvalue weighted by Gasteiger charge is 2.22. The molecule has 0 fully saturated rings. The molecule has 1 unspecified atom stereocenters. The van der Waals surface area contributed by atoms with Crippen LogP contribution in [-0.4, -0.2) is 35.0 Å². The third-order valence-electron chi connectivity index (χ3n) is 6.48. The number of aromatic nitrogens is 6. The van der Waals surface area contributed by atoms with E-state index in [2.05, 4.69) is 38.3 Å². The van der Waals surface area contributed by atoms with Gasteiger partial charge in [-0.05, 0) is 19.1 Å². The Bertz CT molecular complexity index is 1910. The number of fused-ring (bicyclic) bond motifs is 2. The van der Waals surface area contributed by atoms with E-state index in [0.29, 0.717) is 5.65 Å². The normalized spacial score (nSPS) is 11.7. The molecule has 6 rings (SSSR count). The molecule has 9 nitrogen and oxygen atoms in total. The van der Waals surface area contributed by atoms with Crippen LogP contribution in [0.3, 0.4) is 0 Å². The molecule has 39 heavy (non-hydrogen) atoms. The Labute approximate surface area is 224 Å². The fourth-order valence-corrected chi connectivity index (χ4v) is 4.57. The molecule has 0 spiro atoms. The Morgan fingerprint density at radius 3 is 2.72 bits per heavy atom. The molecule has 6 aromatic rings. The Morgan fingerprint density at radius 1 is 1.08 bits per heavy atom. The molecule has 0 aliphatic carbocycles. The van der Waals surface area contributed by atoms with Crippen molar-refractivity contribution in [3.63, 3.8) is 0 Å². The van der Waals surface area contributed by atoms with E-state index in [1.807, 2.05) is 68.7 Å². The van der Waals surface area contributed by atoms with Crippen molar-refractivity contribution < 1.29 is 4.79 Å². The molecule has 0 bridgehead atoms. The van der Waals surface area contributed by atoms with E-state index in [4.69, 9.17) is 10.7 Å². The number of para-hydroxylation sites is 1. The smallest absolute Gasteiger partial charge is 0.259 e. The zero-order valence-electron chi connectivity index (χ0n) is 21.3. The van der Waals surface area contributed by atoms with Gasteiger partial charge in [0.05, 0.1) is 34.6 Å². The lowest BCUT2D eigenvalue weighted by molar-refractivity contribution is 0.0941. The average Bonchev–Trinajstić information content (AvgIpc) is 3.60. The summed E-state index contributed by atoms with van der Waals surface area (Å²) in [4.78, 5) is 26.9. The predicted molar refractivity (Wildman–Crippen MR) is 150 cm³/mol. The first kappa shape index (κ1) is 23.9. The third-order valence-corrected chi connectivity index (χ3v) is 6.48. The van der Waals surface area contributed by atoms with Crippen molar-refractivity contribution in [1.29, 1.82) is 0 Å². The molecule has 0 aliphatic rings. The molecule has 0 saturated carbocycles. The molecule has 1 amide bonds. The number of pyridine rings is 1. The van der Waals surface area contributed by atoms with Crippen molar-refractivity contribution in [2.24, 2.45) is 7.05 Å². The van der Waals surface area contributed by atoms with Gasteiger partial charge in [0.2, 0.25) is 0 Å². The zero-order chi connectivity index (χ0) is 26.9. The Morgan fingerprint density at radius 2 is 1.92 bits per heavy atom. The fourth-order valence-electron chi connectivity index (χ4n) is 4.57. The highest BCUT2D eigenvalue weighted by atomic mass is 16.1. The van der Waals surface area contributed by atoms with Gasteiger partial charge in [0.15, 0.2) is 5.65 Å². The summed E-state index contributed by atoms with van der Waals surface area (Å²) in [6, 6.07) is 17.5. The van der Waals surface area contributed by atoms with Crippen LogP contribution < -0.4 is 11.1 Å². The predicted octanol–water partition coefficient (Wildman–Crippen LogP) is 4.15. The Kier molecular flexibility index (Phi) is 5.98. The molecular weight excluding hydrogens is 488 g/mol. The van der Waals surface area contributed by atoms with E-state index < -0.39 is 6.04 Å². The van der Waals surface area contributed by atoms with E-state index in [1.165, 1.54) is 6.33 Å². The second kappa shape index (κ2) is 9.76. The minimum atomic E-state index is -0.399. The highest BCUT2D eigenvalue weighted by Crippen LogP contribution is 2.31. The summed E-state index contributed by atoms with van der Waals surface area (Å²) in [5.41, 5.74) is 11.7. The molecule has 4 aromatic heterocycles. The number of carbonyl (C=O) groups excluding carboxylic acids is 1. The van der Waals surface area contributed by atoms with Gasteiger partial charge in [-0.15, -0.1) is 0 Å². The summed E-state index contributed by atoms with van der Waals surface area (Å²) >= 11 is 0. The number of anilines is 1. The monoisotopic (exact) mass is 512 g/mol. The van der Waals surface area contributed by atoms with Gasteiger partial charge in [-0.3, -0.25) is 13.9 Å². The Hall–Kier alpha value is -5.49. The maximum atomic E-state index is 13.4. The van der Waals surface area contributed by atoms with Crippen LogP contribution in [0.1, 0.15) is 40.0 Å². The molecule has 2 aromatic carbocycles. The number of aryl methyl sites for hydroxylation is 1. The quantitative estimate of drug-likeness (QED) is 0.343. The van der Waals surface area contributed by atoms with Crippen LogP contribution in [0, 0.1) is 11.8 Å². The van der Waals surface area contributed by atoms with Crippen LogP contribution in [0.5, 0.6) is 0 Å². The van der Waals surface area contributed by atoms with Crippen LogP contribution in [-0.2, 0) is 7.05 Å². The molecule has 9 heteroatoms. The molecule has 0 radical (unpaired) electrons. The van der Waals surface area contributed by atoms with Crippen molar-refractivity contribution in [1.82, 2.24) is 34.4 Å². The van der Waals surface area contributed by atoms with Gasteiger partial charge in [-0.2, -0.15) is 5.10 Å². The third kappa shape index (κ3) is 4.55. The number of nitrogens with two attached hydrogens (primary N) is 1. The van der Waals surface area contributed by atoms with E-state index in [-0.39, 0.29) is 17.3 Å². The van der Waals surface area contributed by atoms with Crippen LogP contribution in [0.2, 0.25) is 0 Å². The maximum Gasteiger partial charge on any atom is 0.259 e. The largest absolute Gasteiger partial charge is 0.383 e. The van der Waals surface area contributed by atoms with Crippen molar-refractivity contribution in [2.75, 3.05) is 5.73 Å². The summed E-state index contributed by atoms with van der Waals surface area (Å²) < 4.78 is 3.38. The van der Waals surface area contributed by atoms with Gasteiger partial charge >= 0.3 is 0 Å². The minimum Gasteiger partial charge on any atom is -0.383 e. The minimum absolute atomic E-state index is 0.121. The number of hydrogen-bond acceptors (Lipinski definition) is 6. The summed E-state index contributed by atoms with van der Waals surface area (Å²) in [6.07, 6.45) is 8.46. The summed E-state index contributed by atoms with van der Waals surface area (Å²) in [6.45, 7) is 1.93. The molecule has 4 heterocycles. The molecule has 3 N–H and O–H groups in total. The van der Waals surface area contributed by atoms with Crippen molar-refractivity contribution in [3.8, 4) is 23.1 Å². The van der Waals surface area contributed by atoms with Gasteiger partial charge in [0, 0.05) is 42.2 Å². The fraction of sp³-hybridized carbons (Fsp3) is 0.100. The standard InChI is InChI=1S/C30H24N8O/c1-19(35-30(39)25-28(31)33-18-38-14-13-32-29(25)38)24-15-23-10-6-9-22(12-11-20-16-34-37(2)17-20)26(23)36-27(24)21-7-4-3-5-8-21/h3-10,13-19H,31H2,1-2H3,(H,35,39). The topological polar surface area (TPSA) is 116 Å². The lowest BCUT2D eigenvalue weighted by Crippen LogP contribution is -2.29. The van der Waals surface area contributed by atoms with E-state index >= 15 is 0 Å². The number of imidazole rings is 1. The summed E-state index contributed by atoms with van der Waals surface area (Å²) in [5, 5.41) is 8.19. The van der Waals surface area contributed by atoms with E-state index in [9.17, 15) is 4.79 Å². The van der Waals surface area contributed by atoms with Crippen molar-refractivity contribution in [2.45, 2.75) is 13.0 Å². The molecule has 190 valence electrons. The number of amides is 1.